The number of hydrogen-bond acceptors (Lipinski definition) is 3. The maximum absolute atomic E-state index is 12.3. The average molecular weight is 259 g/mol. The molecule has 1 atom stereocenters. The van der Waals surface area contributed by atoms with Crippen molar-refractivity contribution < 1.29 is 8.42 Å². The highest BCUT2D eigenvalue weighted by molar-refractivity contribution is 7.92. The van der Waals surface area contributed by atoms with Crippen LogP contribution in [0.25, 0.3) is 0 Å². The van der Waals surface area contributed by atoms with Crippen molar-refractivity contribution in [1.82, 2.24) is 0 Å². The van der Waals surface area contributed by atoms with Gasteiger partial charge in [0, 0.05) is 6.04 Å². The van der Waals surface area contributed by atoms with E-state index in [9.17, 15) is 8.42 Å². The Morgan fingerprint density at radius 3 is 2.06 bits per heavy atom. The first-order valence-electron chi connectivity index (χ1n) is 7.07. The molecule has 0 amide bonds. The summed E-state index contributed by atoms with van der Waals surface area (Å²) in [7, 11) is -2.95. The molecule has 0 aliphatic heterocycles. The lowest BCUT2D eigenvalue weighted by atomic mass is 10.0. The highest BCUT2D eigenvalue weighted by Gasteiger charge is 2.32. The lowest BCUT2D eigenvalue weighted by Crippen LogP contribution is -2.39. The summed E-state index contributed by atoms with van der Waals surface area (Å²) >= 11 is 0. The molecule has 0 spiro atoms. The Morgan fingerprint density at radius 1 is 0.941 bits per heavy atom. The van der Waals surface area contributed by atoms with Crippen molar-refractivity contribution in [2.45, 2.75) is 69.1 Å². The Kier molecular flexibility index (Phi) is 4.47. The monoisotopic (exact) mass is 259 g/mol. The Labute approximate surface area is 105 Å². The smallest absolute Gasteiger partial charge is 0.154 e. The zero-order valence-corrected chi connectivity index (χ0v) is 11.4. The van der Waals surface area contributed by atoms with Crippen LogP contribution in [-0.4, -0.2) is 25.5 Å². The standard InChI is InChI=1S/C13H25NO2S/c14-13(11-6-4-5-7-11)10-17(15,16)12-8-2-1-3-9-12/h11-13H,1-10,14H2. The Hall–Kier alpha value is -0.0900. The molecule has 2 saturated carbocycles. The molecule has 0 bridgehead atoms. The lowest BCUT2D eigenvalue weighted by Gasteiger charge is -2.25. The van der Waals surface area contributed by atoms with Crippen molar-refractivity contribution in [2.75, 3.05) is 5.75 Å². The first kappa shape index (κ1) is 13.3. The number of rotatable bonds is 4. The molecule has 0 saturated heterocycles. The van der Waals surface area contributed by atoms with E-state index in [0.717, 1.165) is 38.5 Å². The third-order valence-electron chi connectivity index (χ3n) is 4.49. The first-order valence-corrected chi connectivity index (χ1v) is 8.78. The fourth-order valence-corrected chi connectivity index (χ4v) is 5.48. The fourth-order valence-electron chi connectivity index (χ4n) is 3.35. The molecule has 2 aliphatic rings. The van der Waals surface area contributed by atoms with E-state index in [1.165, 1.54) is 19.3 Å². The summed E-state index contributed by atoms with van der Waals surface area (Å²) in [6, 6.07) is -0.121. The van der Waals surface area contributed by atoms with Crippen molar-refractivity contribution in [3.05, 3.63) is 0 Å². The van der Waals surface area contributed by atoms with E-state index in [1.54, 1.807) is 0 Å². The second-order valence-electron chi connectivity index (χ2n) is 5.80. The van der Waals surface area contributed by atoms with Gasteiger partial charge in [0.15, 0.2) is 9.84 Å². The van der Waals surface area contributed by atoms with Crippen LogP contribution < -0.4 is 5.73 Å². The summed E-state index contributed by atoms with van der Waals surface area (Å²) in [5, 5.41) is -0.0938. The quantitative estimate of drug-likeness (QED) is 0.842. The van der Waals surface area contributed by atoms with Crippen LogP contribution >= 0.6 is 0 Å². The van der Waals surface area contributed by atoms with Gasteiger partial charge in [-0.2, -0.15) is 0 Å². The molecule has 2 N–H and O–H groups in total. The number of sulfone groups is 1. The number of hydrogen-bond donors (Lipinski definition) is 1. The van der Waals surface area contributed by atoms with Gasteiger partial charge in [-0.15, -0.1) is 0 Å². The van der Waals surface area contributed by atoms with E-state index in [2.05, 4.69) is 0 Å². The molecule has 100 valence electrons. The van der Waals surface area contributed by atoms with Crippen LogP contribution in [0.3, 0.4) is 0 Å². The highest BCUT2D eigenvalue weighted by atomic mass is 32.2. The molecule has 3 nitrogen and oxygen atoms in total. The van der Waals surface area contributed by atoms with Crippen molar-refractivity contribution in [1.29, 1.82) is 0 Å². The molecule has 2 fully saturated rings. The van der Waals surface area contributed by atoms with Crippen LogP contribution in [0.15, 0.2) is 0 Å². The molecule has 2 aliphatic carbocycles. The molecule has 0 radical (unpaired) electrons. The Bertz CT molecular complexity index is 327. The minimum Gasteiger partial charge on any atom is -0.327 e. The van der Waals surface area contributed by atoms with Crippen molar-refractivity contribution in [3.8, 4) is 0 Å². The van der Waals surface area contributed by atoms with Gasteiger partial charge in [0.25, 0.3) is 0 Å². The minimum absolute atomic E-state index is 0.0938. The molecule has 4 heteroatoms. The van der Waals surface area contributed by atoms with Crippen LogP contribution in [-0.2, 0) is 9.84 Å². The Balaban J connectivity index is 1.91. The van der Waals surface area contributed by atoms with Crippen LogP contribution in [0.4, 0.5) is 0 Å². The molecule has 0 aromatic carbocycles. The molecule has 1 unspecified atom stereocenters. The van der Waals surface area contributed by atoms with Gasteiger partial charge in [-0.25, -0.2) is 8.42 Å². The predicted octanol–water partition coefficient (Wildman–Crippen LogP) is 2.25. The van der Waals surface area contributed by atoms with Crippen LogP contribution in [0.5, 0.6) is 0 Å². The average Bonchev–Trinajstić information content (AvgIpc) is 2.83. The summed E-state index contributed by atoms with van der Waals surface area (Å²) < 4.78 is 24.5. The van der Waals surface area contributed by atoms with Crippen LogP contribution in [0, 0.1) is 5.92 Å². The molecular weight excluding hydrogens is 234 g/mol. The number of nitrogens with two attached hydrogens (primary N) is 1. The van der Waals surface area contributed by atoms with E-state index >= 15 is 0 Å². The van der Waals surface area contributed by atoms with Crippen molar-refractivity contribution >= 4 is 9.84 Å². The SMILES string of the molecule is NC(CS(=O)(=O)C1CCCCC1)C1CCCC1. The van der Waals surface area contributed by atoms with Crippen LogP contribution in [0.1, 0.15) is 57.8 Å². The van der Waals surface area contributed by atoms with Gasteiger partial charge in [0.1, 0.15) is 0 Å². The molecule has 0 aromatic heterocycles. The van der Waals surface area contributed by atoms with Gasteiger partial charge in [0.05, 0.1) is 11.0 Å². The third kappa shape index (κ3) is 3.44. The fraction of sp³-hybridized carbons (Fsp3) is 1.00. The van der Waals surface area contributed by atoms with E-state index in [4.69, 9.17) is 5.73 Å². The largest absolute Gasteiger partial charge is 0.327 e. The van der Waals surface area contributed by atoms with Gasteiger partial charge in [-0.3, -0.25) is 0 Å². The highest BCUT2D eigenvalue weighted by Crippen LogP contribution is 2.29. The van der Waals surface area contributed by atoms with Gasteiger partial charge < -0.3 is 5.73 Å². The minimum atomic E-state index is -2.95. The Morgan fingerprint density at radius 2 is 1.47 bits per heavy atom. The second-order valence-corrected chi connectivity index (χ2v) is 8.12. The zero-order valence-electron chi connectivity index (χ0n) is 10.6. The van der Waals surface area contributed by atoms with Gasteiger partial charge in [-0.1, -0.05) is 32.1 Å². The van der Waals surface area contributed by atoms with Gasteiger partial charge in [-0.05, 0) is 31.6 Å². The van der Waals surface area contributed by atoms with E-state index in [1.807, 2.05) is 0 Å². The summed E-state index contributed by atoms with van der Waals surface area (Å²) in [6.45, 7) is 0. The molecule has 0 heterocycles. The maximum Gasteiger partial charge on any atom is 0.154 e. The molecule has 17 heavy (non-hydrogen) atoms. The third-order valence-corrected chi connectivity index (χ3v) is 6.83. The zero-order chi connectivity index (χ0) is 12.3. The van der Waals surface area contributed by atoms with Crippen LogP contribution in [0.2, 0.25) is 0 Å². The molecular formula is C13H25NO2S. The summed E-state index contributed by atoms with van der Waals surface area (Å²) in [4.78, 5) is 0. The maximum atomic E-state index is 12.3. The van der Waals surface area contributed by atoms with Crippen molar-refractivity contribution in [3.63, 3.8) is 0 Å². The van der Waals surface area contributed by atoms with E-state index in [-0.39, 0.29) is 17.0 Å². The summed E-state index contributed by atoms with van der Waals surface area (Å²) in [5.41, 5.74) is 6.09. The second kappa shape index (κ2) is 5.70. The predicted molar refractivity (Wildman–Crippen MR) is 70.6 cm³/mol. The lowest BCUT2D eigenvalue weighted by molar-refractivity contribution is 0.443. The van der Waals surface area contributed by atoms with Gasteiger partial charge in [0.2, 0.25) is 0 Å². The molecule has 2 rings (SSSR count). The van der Waals surface area contributed by atoms with E-state index in [0.29, 0.717) is 5.92 Å². The van der Waals surface area contributed by atoms with E-state index < -0.39 is 9.84 Å². The summed E-state index contributed by atoms with van der Waals surface area (Å²) in [6.07, 6.45) is 9.76. The topological polar surface area (TPSA) is 60.2 Å². The molecule has 0 aromatic rings. The summed E-state index contributed by atoms with van der Waals surface area (Å²) in [5.74, 6) is 0.677. The van der Waals surface area contributed by atoms with Crippen molar-refractivity contribution in [2.24, 2.45) is 11.7 Å². The van der Waals surface area contributed by atoms with Gasteiger partial charge >= 0.3 is 0 Å². The normalized spacial score (nSPS) is 26.2. The first-order chi connectivity index (χ1) is 8.09.